The van der Waals surface area contributed by atoms with Gasteiger partial charge in [-0.2, -0.15) is 0 Å². The van der Waals surface area contributed by atoms with Gasteiger partial charge in [0.15, 0.2) is 5.84 Å². The highest BCUT2D eigenvalue weighted by Crippen LogP contribution is 2.17. The molecular weight excluding hydrogens is 170 g/mol. The van der Waals surface area contributed by atoms with Gasteiger partial charge < -0.3 is 15.7 Å². The van der Waals surface area contributed by atoms with Gasteiger partial charge in [0, 0.05) is 12.1 Å². The lowest BCUT2D eigenvalue weighted by molar-refractivity contribution is 0.170. The van der Waals surface area contributed by atoms with Crippen LogP contribution in [-0.4, -0.2) is 35.8 Å². The van der Waals surface area contributed by atoms with E-state index in [1.165, 1.54) is 0 Å². The summed E-state index contributed by atoms with van der Waals surface area (Å²) in [4.78, 5) is 0. The fraction of sp³-hybridized carbons (Fsp3) is 0.875. The summed E-state index contributed by atoms with van der Waals surface area (Å²) in [5, 5.41) is 14.7. The zero-order valence-corrected chi connectivity index (χ0v) is 8.08. The highest BCUT2D eigenvalue weighted by molar-refractivity contribution is 5.84. The molecule has 2 atom stereocenters. The molecule has 1 heterocycles. The third kappa shape index (κ3) is 2.57. The van der Waals surface area contributed by atoms with Crippen LogP contribution in [0.2, 0.25) is 0 Å². The fourth-order valence-electron chi connectivity index (χ4n) is 1.46. The molecule has 1 aliphatic rings. The van der Waals surface area contributed by atoms with E-state index in [0.29, 0.717) is 6.61 Å². The average molecular weight is 187 g/mol. The van der Waals surface area contributed by atoms with Crippen LogP contribution in [0.3, 0.4) is 0 Å². The van der Waals surface area contributed by atoms with Crippen molar-refractivity contribution in [2.45, 2.75) is 31.8 Å². The Kier molecular flexibility index (Phi) is 3.11. The van der Waals surface area contributed by atoms with Gasteiger partial charge in [-0.05, 0) is 20.3 Å². The zero-order valence-electron chi connectivity index (χ0n) is 8.08. The number of rotatable bonds is 3. The van der Waals surface area contributed by atoms with Crippen molar-refractivity contribution in [1.29, 1.82) is 0 Å². The summed E-state index contributed by atoms with van der Waals surface area (Å²) in [5.41, 5.74) is 5.40. The molecule has 1 rings (SSSR count). The Morgan fingerprint density at radius 2 is 2.46 bits per heavy atom. The largest absolute Gasteiger partial charge is 0.409 e. The molecule has 1 aliphatic heterocycles. The molecule has 0 aromatic heterocycles. The highest BCUT2D eigenvalue weighted by Gasteiger charge is 2.31. The van der Waals surface area contributed by atoms with Gasteiger partial charge in [0.2, 0.25) is 0 Å². The number of oxime groups is 1. The molecule has 0 bridgehead atoms. The van der Waals surface area contributed by atoms with Gasteiger partial charge >= 0.3 is 0 Å². The second kappa shape index (κ2) is 3.93. The summed E-state index contributed by atoms with van der Waals surface area (Å²) in [7, 11) is 0. The predicted octanol–water partition coefficient (Wildman–Crippen LogP) is -0.110. The summed E-state index contributed by atoms with van der Waals surface area (Å²) in [6.07, 6.45) is 0.954. The summed E-state index contributed by atoms with van der Waals surface area (Å²) in [5.74, 6) is 0.202. The van der Waals surface area contributed by atoms with E-state index in [9.17, 15) is 0 Å². The topological polar surface area (TPSA) is 79.9 Å². The van der Waals surface area contributed by atoms with E-state index in [4.69, 9.17) is 15.7 Å². The first-order valence-corrected chi connectivity index (χ1v) is 4.40. The molecule has 0 saturated carbocycles. The van der Waals surface area contributed by atoms with Gasteiger partial charge in [0.1, 0.15) is 0 Å². The number of nitrogens with two attached hydrogens (primary N) is 1. The minimum atomic E-state index is -0.128. The zero-order chi connectivity index (χ0) is 9.90. The van der Waals surface area contributed by atoms with Crippen LogP contribution >= 0.6 is 0 Å². The second-order valence-corrected chi connectivity index (χ2v) is 3.75. The molecule has 76 valence electrons. The molecule has 0 aromatic rings. The van der Waals surface area contributed by atoms with E-state index < -0.39 is 0 Å². The molecule has 1 saturated heterocycles. The molecule has 5 nitrogen and oxygen atoms in total. The van der Waals surface area contributed by atoms with Gasteiger partial charge in [-0.1, -0.05) is 5.16 Å². The molecule has 4 N–H and O–H groups in total. The Morgan fingerprint density at radius 3 is 2.92 bits per heavy atom. The molecule has 0 spiro atoms. The van der Waals surface area contributed by atoms with Crippen molar-refractivity contribution in [2.75, 3.05) is 13.2 Å². The minimum Gasteiger partial charge on any atom is -0.409 e. The van der Waals surface area contributed by atoms with Gasteiger partial charge in [0.25, 0.3) is 0 Å². The number of ether oxygens (including phenoxy) is 1. The van der Waals surface area contributed by atoms with Gasteiger partial charge in [-0.15, -0.1) is 0 Å². The number of nitrogens with zero attached hydrogens (tertiary/aromatic N) is 1. The molecule has 0 radical (unpaired) electrons. The van der Waals surface area contributed by atoms with Crippen LogP contribution in [0.4, 0.5) is 0 Å². The fourth-order valence-corrected chi connectivity index (χ4v) is 1.46. The molecule has 0 amide bonds. The Balaban J connectivity index is 2.47. The van der Waals surface area contributed by atoms with Crippen molar-refractivity contribution >= 4 is 5.84 Å². The Morgan fingerprint density at radius 1 is 1.77 bits per heavy atom. The standard InChI is InChI=1S/C8H17N3O2/c1-6(7(9)11-12)10-8(2)3-4-13-5-8/h6,10,12H,3-5H2,1-2H3,(H2,9,11). The van der Waals surface area contributed by atoms with E-state index in [0.717, 1.165) is 13.0 Å². The van der Waals surface area contributed by atoms with E-state index in [1.54, 1.807) is 0 Å². The Hall–Kier alpha value is -0.810. The predicted molar refractivity (Wildman–Crippen MR) is 49.8 cm³/mol. The van der Waals surface area contributed by atoms with Crippen LogP contribution < -0.4 is 11.1 Å². The first-order chi connectivity index (χ1) is 6.07. The van der Waals surface area contributed by atoms with Crippen LogP contribution in [0.5, 0.6) is 0 Å². The van der Waals surface area contributed by atoms with Crippen molar-refractivity contribution in [3.05, 3.63) is 0 Å². The van der Waals surface area contributed by atoms with E-state index in [2.05, 4.69) is 17.4 Å². The number of amidine groups is 1. The minimum absolute atomic E-state index is 0.0469. The molecule has 0 aromatic carbocycles. The first kappa shape index (κ1) is 10.3. The van der Waals surface area contributed by atoms with Crippen molar-refractivity contribution in [2.24, 2.45) is 10.9 Å². The van der Waals surface area contributed by atoms with Gasteiger partial charge in [0.05, 0.1) is 12.6 Å². The quantitative estimate of drug-likeness (QED) is 0.249. The van der Waals surface area contributed by atoms with Gasteiger partial charge in [-0.25, -0.2) is 0 Å². The molecule has 5 heteroatoms. The monoisotopic (exact) mass is 187 g/mol. The summed E-state index contributed by atoms with van der Waals surface area (Å²) in [6, 6.07) is -0.128. The van der Waals surface area contributed by atoms with Gasteiger partial charge in [-0.3, -0.25) is 5.32 Å². The third-order valence-corrected chi connectivity index (χ3v) is 2.34. The van der Waals surface area contributed by atoms with Crippen molar-refractivity contribution in [1.82, 2.24) is 5.32 Å². The maximum atomic E-state index is 8.45. The molecule has 2 unspecified atom stereocenters. The summed E-state index contributed by atoms with van der Waals surface area (Å²) >= 11 is 0. The normalized spacial score (nSPS) is 32.0. The van der Waals surface area contributed by atoms with Crippen LogP contribution in [0.15, 0.2) is 5.16 Å². The smallest absolute Gasteiger partial charge is 0.156 e. The van der Waals surface area contributed by atoms with Crippen LogP contribution in [0.25, 0.3) is 0 Å². The van der Waals surface area contributed by atoms with Crippen molar-refractivity contribution in [3.8, 4) is 0 Å². The first-order valence-electron chi connectivity index (χ1n) is 4.40. The van der Waals surface area contributed by atoms with Crippen molar-refractivity contribution in [3.63, 3.8) is 0 Å². The highest BCUT2D eigenvalue weighted by atomic mass is 16.5. The number of hydrogen-bond donors (Lipinski definition) is 3. The van der Waals surface area contributed by atoms with Crippen LogP contribution in [0.1, 0.15) is 20.3 Å². The van der Waals surface area contributed by atoms with Crippen LogP contribution in [-0.2, 0) is 4.74 Å². The lowest BCUT2D eigenvalue weighted by Crippen LogP contribution is -2.52. The van der Waals surface area contributed by atoms with E-state index in [-0.39, 0.29) is 17.4 Å². The molecule has 0 aliphatic carbocycles. The lowest BCUT2D eigenvalue weighted by atomic mass is 10.0. The Labute approximate surface area is 77.9 Å². The molecule has 13 heavy (non-hydrogen) atoms. The average Bonchev–Trinajstić information content (AvgIpc) is 2.50. The number of nitrogens with one attached hydrogen (secondary N) is 1. The lowest BCUT2D eigenvalue weighted by Gasteiger charge is -2.27. The summed E-state index contributed by atoms with van der Waals surface area (Å²) < 4.78 is 5.27. The maximum Gasteiger partial charge on any atom is 0.156 e. The van der Waals surface area contributed by atoms with Crippen LogP contribution in [0, 0.1) is 0 Å². The summed E-state index contributed by atoms with van der Waals surface area (Å²) in [6.45, 7) is 5.38. The molecule has 1 fully saturated rings. The Bertz CT molecular complexity index is 200. The second-order valence-electron chi connectivity index (χ2n) is 3.75. The van der Waals surface area contributed by atoms with E-state index in [1.807, 2.05) is 6.92 Å². The third-order valence-electron chi connectivity index (χ3n) is 2.34. The number of hydrogen-bond acceptors (Lipinski definition) is 4. The van der Waals surface area contributed by atoms with Crippen molar-refractivity contribution < 1.29 is 9.94 Å². The van der Waals surface area contributed by atoms with E-state index >= 15 is 0 Å². The SMILES string of the molecule is CC(NC1(C)CCOC1)C(N)=NO. The maximum absolute atomic E-state index is 8.45. The molecular formula is C8H17N3O2.